The number of rotatable bonds is 2. The van der Waals surface area contributed by atoms with E-state index in [1.807, 2.05) is 36.5 Å². The summed E-state index contributed by atoms with van der Waals surface area (Å²) in [5, 5.41) is 1.18. The standard InChI is InChI=1S/C20H19FN2/c21-18-6-3-5-16(12-18)15-8-10-23(11-9-15)19-13-17-4-1-2-7-20(17)22-14-19/h1-7,12-15H,8-11H2. The maximum Gasteiger partial charge on any atom is 0.123 e. The van der Waals surface area contributed by atoms with Gasteiger partial charge in [-0.2, -0.15) is 0 Å². The van der Waals surface area contributed by atoms with Gasteiger partial charge in [0.25, 0.3) is 0 Å². The molecule has 2 nitrogen and oxygen atoms in total. The lowest BCUT2D eigenvalue weighted by atomic mass is 9.89. The number of pyridine rings is 1. The van der Waals surface area contributed by atoms with Crippen LogP contribution < -0.4 is 4.90 Å². The van der Waals surface area contributed by atoms with E-state index in [1.54, 1.807) is 6.07 Å². The number of nitrogens with zero attached hydrogens (tertiary/aromatic N) is 2. The third kappa shape index (κ3) is 2.91. The number of hydrogen-bond acceptors (Lipinski definition) is 2. The highest BCUT2D eigenvalue weighted by atomic mass is 19.1. The summed E-state index contributed by atoms with van der Waals surface area (Å²) in [6, 6.07) is 17.5. The van der Waals surface area contributed by atoms with E-state index >= 15 is 0 Å². The Morgan fingerprint density at radius 3 is 2.61 bits per heavy atom. The first kappa shape index (κ1) is 14.2. The van der Waals surface area contributed by atoms with Gasteiger partial charge in [0, 0.05) is 18.5 Å². The smallest absolute Gasteiger partial charge is 0.123 e. The third-order valence-corrected chi connectivity index (χ3v) is 4.76. The molecule has 3 heteroatoms. The van der Waals surface area contributed by atoms with E-state index in [9.17, 15) is 4.39 Å². The molecule has 116 valence electrons. The van der Waals surface area contributed by atoms with Crippen molar-refractivity contribution in [2.24, 2.45) is 0 Å². The van der Waals surface area contributed by atoms with Gasteiger partial charge in [-0.1, -0.05) is 30.3 Å². The van der Waals surface area contributed by atoms with Crippen LogP contribution in [0.2, 0.25) is 0 Å². The highest BCUT2D eigenvalue weighted by Crippen LogP contribution is 2.31. The number of anilines is 1. The SMILES string of the molecule is Fc1cccc(C2CCN(c3cnc4ccccc4c3)CC2)c1. The first-order chi connectivity index (χ1) is 11.3. The fourth-order valence-corrected chi connectivity index (χ4v) is 3.46. The minimum absolute atomic E-state index is 0.136. The van der Waals surface area contributed by atoms with Crippen LogP contribution in [0.3, 0.4) is 0 Å². The maximum absolute atomic E-state index is 13.4. The van der Waals surface area contributed by atoms with Crippen molar-refractivity contribution in [3.63, 3.8) is 0 Å². The van der Waals surface area contributed by atoms with Crippen molar-refractivity contribution in [3.05, 3.63) is 72.2 Å². The Morgan fingerprint density at radius 1 is 0.957 bits per heavy atom. The molecule has 1 saturated heterocycles. The summed E-state index contributed by atoms with van der Waals surface area (Å²) in [4.78, 5) is 6.94. The first-order valence-corrected chi connectivity index (χ1v) is 8.15. The van der Waals surface area contributed by atoms with Crippen molar-refractivity contribution < 1.29 is 4.39 Å². The summed E-state index contributed by atoms with van der Waals surface area (Å²) < 4.78 is 13.4. The number of piperidine rings is 1. The van der Waals surface area contributed by atoms with Crippen molar-refractivity contribution in [3.8, 4) is 0 Å². The Morgan fingerprint density at radius 2 is 1.78 bits per heavy atom. The molecule has 0 bridgehead atoms. The Hall–Kier alpha value is -2.42. The molecule has 0 radical (unpaired) electrons. The van der Waals surface area contributed by atoms with E-state index in [-0.39, 0.29) is 5.82 Å². The molecule has 0 aliphatic carbocycles. The molecule has 0 saturated carbocycles. The molecule has 0 spiro atoms. The van der Waals surface area contributed by atoms with Crippen LogP contribution >= 0.6 is 0 Å². The van der Waals surface area contributed by atoms with Crippen LogP contribution in [0.25, 0.3) is 10.9 Å². The monoisotopic (exact) mass is 306 g/mol. The van der Waals surface area contributed by atoms with Gasteiger partial charge in [-0.25, -0.2) is 4.39 Å². The second-order valence-electron chi connectivity index (χ2n) is 6.20. The van der Waals surface area contributed by atoms with Gasteiger partial charge in [0.05, 0.1) is 17.4 Å². The molecule has 1 aliphatic rings. The molecule has 0 atom stereocenters. The van der Waals surface area contributed by atoms with Crippen LogP contribution in [-0.4, -0.2) is 18.1 Å². The molecule has 4 rings (SSSR count). The predicted molar refractivity (Wildman–Crippen MR) is 92.3 cm³/mol. The van der Waals surface area contributed by atoms with Gasteiger partial charge < -0.3 is 4.90 Å². The first-order valence-electron chi connectivity index (χ1n) is 8.15. The van der Waals surface area contributed by atoms with Gasteiger partial charge in [0.1, 0.15) is 5.82 Å². The second kappa shape index (κ2) is 5.99. The summed E-state index contributed by atoms with van der Waals surface area (Å²) >= 11 is 0. The van der Waals surface area contributed by atoms with Crippen LogP contribution in [0.5, 0.6) is 0 Å². The lowest BCUT2D eigenvalue weighted by Gasteiger charge is -2.33. The molecule has 1 aromatic heterocycles. The van der Waals surface area contributed by atoms with Crippen LogP contribution in [0, 0.1) is 5.82 Å². The molecule has 23 heavy (non-hydrogen) atoms. The Balaban J connectivity index is 1.50. The van der Waals surface area contributed by atoms with Crippen LogP contribution in [0.4, 0.5) is 10.1 Å². The van der Waals surface area contributed by atoms with E-state index in [4.69, 9.17) is 0 Å². The van der Waals surface area contributed by atoms with Crippen molar-refractivity contribution in [1.82, 2.24) is 4.98 Å². The van der Waals surface area contributed by atoms with Gasteiger partial charge in [-0.3, -0.25) is 4.98 Å². The number of hydrogen-bond donors (Lipinski definition) is 0. The molecule has 3 aromatic rings. The predicted octanol–water partition coefficient (Wildman–Crippen LogP) is 4.76. The lowest BCUT2D eigenvalue weighted by molar-refractivity contribution is 0.502. The summed E-state index contributed by atoms with van der Waals surface area (Å²) in [5.41, 5.74) is 3.34. The van der Waals surface area contributed by atoms with Crippen molar-refractivity contribution >= 4 is 16.6 Å². The van der Waals surface area contributed by atoms with Gasteiger partial charge >= 0.3 is 0 Å². The number of fused-ring (bicyclic) bond motifs is 1. The molecule has 0 N–H and O–H groups in total. The highest BCUT2D eigenvalue weighted by Gasteiger charge is 2.21. The van der Waals surface area contributed by atoms with Gasteiger partial charge in [0.15, 0.2) is 0 Å². The zero-order valence-corrected chi connectivity index (χ0v) is 13.0. The van der Waals surface area contributed by atoms with E-state index in [1.165, 1.54) is 17.1 Å². The molecule has 1 aliphatic heterocycles. The van der Waals surface area contributed by atoms with Gasteiger partial charge in [-0.05, 0) is 48.6 Å². The fraction of sp³-hybridized carbons (Fsp3) is 0.250. The average molecular weight is 306 g/mol. The number of benzene rings is 2. The fourth-order valence-electron chi connectivity index (χ4n) is 3.46. The molecular formula is C20H19FN2. The molecule has 0 amide bonds. The zero-order valence-electron chi connectivity index (χ0n) is 13.0. The summed E-state index contributed by atoms with van der Waals surface area (Å²) in [6.07, 6.45) is 4.07. The van der Waals surface area contributed by atoms with Crippen LogP contribution in [0.15, 0.2) is 60.8 Å². The minimum Gasteiger partial charge on any atom is -0.370 e. The van der Waals surface area contributed by atoms with E-state index in [0.29, 0.717) is 5.92 Å². The molecule has 2 heterocycles. The number of aromatic nitrogens is 1. The Kier molecular flexibility index (Phi) is 3.70. The van der Waals surface area contributed by atoms with Crippen molar-refractivity contribution in [2.75, 3.05) is 18.0 Å². The minimum atomic E-state index is -0.136. The summed E-state index contributed by atoms with van der Waals surface area (Å²) in [7, 11) is 0. The molecule has 2 aromatic carbocycles. The summed E-state index contributed by atoms with van der Waals surface area (Å²) in [6.45, 7) is 1.97. The van der Waals surface area contributed by atoms with Crippen molar-refractivity contribution in [2.45, 2.75) is 18.8 Å². The topological polar surface area (TPSA) is 16.1 Å². The zero-order chi connectivity index (χ0) is 15.6. The third-order valence-electron chi connectivity index (χ3n) is 4.76. The largest absolute Gasteiger partial charge is 0.370 e. The molecule has 1 fully saturated rings. The Labute approximate surface area is 135 Å². The van der Waals surface area contributed by atoms with Gasteiger partial charge in [0.2, 0.25) is 0 Å². The number of halogens is 1. The molecular weight excluding hydrogens is 287 g/mol. The highest BCUT2D eigenvalue weighted by molar-refractivity contribution is 5.81. The number of para-hydroxylation sites is 1. The van der Waals surface area contributed by atoms with E-state index in [2.05, 4.69) is 22.0 Å². The van der Waals surface area contributed by atoms with Crippen LogP contribution in [0.1, 0.15) is 24.3 Å². The quantitative estimate of drug-likeness (QED) is 0.678. The summed E-state index contributed by atoms with van der Waals surface area (Å²) in [5.74, 6) is 0.319. The normalized spacial score (nSPS) is 16.0. The second-order valence-corrected chi connectivity index (χ2v) is 6.20. The average Bonchev–Trinajstić information content (AvgIpc) is 2.61. The maximum atomic E-state index is 13.4. The molecule has 0 unspecified atom stereocenters. The lowest BCUT2D eigenvalue weighted by Crippen LogP contribution is -2.32. The van der Waals surface area contributed by atoms with Crippen molar-refractivity contribution in [1.29, 1.82) is 0 Å². The van der Waals surface area contributed by atoms with Crippen LogP contribution in [-0.2, 0) is 0 Å². The van der Waals surface area contributed by atoms with Gasteiger partial charge in [-0.15, -0.1) is 0 Å². The van der Waals surface area contributed by atoms with E-state index < -0.39 is 0 Å². The van der Waals surface area contributed by atoms with E-state index in [0.717, 1.165) is 37.0 Å². The Bertz CT molecular complexity index is 822.